The lowest BCUT2D eigenvalue weighted by molar-refractivity contribution is 0.0598. The second-order valence-corrected chi connectivity index (χ2v) is 4.89. The number of aliphatic hydroxyl groups excluding tert-OH is 1. The maximum Gasteiger partial charge on any atom is 0.337 e. The first kappa shape index (κ1) is 13.6. The summed E-state index contributed by atoms with van der Waals surface area (Å²) in [5.74, 6) is 0.181. The molecule has 0 amide bonds. The monoisotopic (exact) mass is 285 g/mol. The van der Waals surface area contributed by atoms with Crippen molar-refractivity contribution in [2.45, 2.75) is 18.6 Å². The number of esters is 1. The molecule has 5 nitrogen and oxygen atoms in total. The molecule has 1 N–H and O–H groups in total. The average molecular weight is 285 g/mol. The predicted molar refractivity (Wildman–Crippen MR) is 75.0 cm³/mol. The van der Waals surface area contributed by atoms with Crippen molar-refractivity contribution >= 4 is 5.97 Å². The minimum atomic E-state index is -0.608. The van der Waals surface area contributed by atoms with Crippen molar-refractivity contribution in [3.05, 3.63) is 59.4 Å². The Hall–Kier alpha value is -2.40. The van der Waals surface area contributed by atoms with Gasteiger partial charge in [0, 0.05) is 18.2 Å². The van der Waals surface area contributed by atoms with Gasteiger partial charge < -0.3 is 14.6 Å². The number of hydrogen-bond acceptors (Lipinski definition) is 5. The van der Waals surface area contributed by atoms with E-state index in [4.69, 9.17) is 9.47 Å². The summed E-state index contributed by atoms with van der Waals surface area (Å²) in [4.78, 5) is 15.6. The summed E-state index contributed by atoms with van der Waals surface area (Å²) in [7, 11) is 1.35. The molecule has 5 heteroatoms. The van der Waals surface area contributed by atoms with Gasteiger partial charge in [-0.15, -0.1) is 0 Å². The third kappa shape index (κ3) is 2.60. The van der Waals surface area contributed by atoms with Gasteiger partial charge >= 0.3 is 5.97 Å². The van der Waals surface area contributed by atoms with E-state index in [1.54, 1.807) is 36.7 Å². The minimum absolute atomic E-state index is 0.318. The van der Waals surface area contributed by atoms with Crippen molar-refractivity contribution in [1.29, 1.82) is 0 Å². The Balaban J connectivity index is 1.91. The van der Waals surface area contributed by atoms with Gasteiger partial charge in [0.1, 0.15) is 11.9 Å². The fourth-order valence-electron chi connectivity index (χ4n) is 2.48. The van der Waals surface area contributed by atoms with Gasteiger partial charge in [-0.25, -0.2) is 4.79 Å². The standard InChI is InChI=1S/C16H15NO4/c1-20-16(19)11-4-2-3-10(7-11)14-8-13(18)12-5-6-17-9-15(12)21-14/h2-7,9,13-14,18H,8H2,1H3. The van der Waals surface area contributed by atoms with Gasteiger partial charge in [0.15, 0.2) is 0 Å². The second kappa shape index (κ2) is 5.54. The summed E-state index contributed by atoms with van der Waals surface area (Å²) >= 11 is 0. The Morgan fingerprint density at radius 1 is 1.43 bits per heavy atom. The van der Waals surface area contributed by atoms with E-state index in [0.29, 0.717) is 17.7 Å². The number of aromatic nitrogens is 1. The zero-order valence-corrected chi connectivity index (χ0v) is 11.5. The fourth-order valence-corrected chi connectivity index (χ4v) is 2.48. The molecular weight excluding hydrogens is 270 g/mol. The van der Waals surface area contributed by atoms with Crippen LogP contribution in [0.5, 0.6) is 5.75 Å². The number of hydrogen-bond donors (Lipinski definition) is 1. The van der Waals surface area contributed by atoms with Crippen molar-refractivity contribution in [2.75, 3.05) is 7.11 Å². The number of fused-ring (bicyclic) bond motifs is 1. The topological polar surface area (TPSA) is 68.7 Å². The maximum atomic E-state index is 11.6. The Bertz CT molecular complexity index is 671. The first-order chi connectivity index (χ1) is 10.2. The molecule has 108 valence electrons. The highest BCUT2D eigenvalue weighted by Gasteiger charge is 2.28. The van der Waals surface area contributed by atoms with Crippen LogP contribution in [0.2, 0.25) is 0 Å². The second-order valence-electron chi connectivity index (χ2n) is 4.89. The highest BCUT2D eigenvalue weighted by Crippen LogP contribution is 2.40. The molecule has 3 rings (SSSR count). The number of ether oxygens (including phenoxy) is 2. The Labute approximate surface area is 122 Å². The molecule has 1 aliphatic rings. The van der Waals surface area contributed by atoms with Crippen LogP contribution < -0.4 is 4.74 Å². The quantitative estimate of drug-likeness (QED) is 0.858. The first-order valence-corrected chi connectivity index (χ1v) is 6.66. The van der Waals surface area contributed by atoms with Gasteiger partial charge in [0.25, 0.3) is 0 Å². The van der Waals surface area contributed by atoms with E-state index in [1.165, 1.54) is 7.11 Å². The molecule has 1 aliphatic heterocycles. The van der Waals surface area contributed by atoms with E-state index in [9.17, 15) is 9.90 Å². The lowest BCUT2D eigenvalue weighted by Gasteiger charge is -2.29. The molecule has 1 aromatic heterocycles. The number of rotatable bonds is 2. The number of aliphatic hydroxyl groups is 1. The van der Waals surface area contributed by atoms with E-state index in [1.807, 2.05) is 6.07 Å². The highest BCUT2D eigenvalue weighted by molar-refractivity contribution is 5.89. The molecule has 0 bridgehead atoms. The Morgan fingerprint density at radius 2 is 2.29 bits per heavy atom. The fraction of sp³-hybridized carbons (Fsp3) is 0.250. The number of pyridine rings is 1. The van der Waals surface area contributed by atoms with Crippen LogP contribution in [0.1, 0.15) is 40.1 Å². The van der Waals surface area contributed by atoms with Gasteiger partial charge in [-0.05, 0) is 23.8 Å². The van der Waals surface area contributed by atoms with Gasteiger partial charge in [-0.3, -0.25) is 4.98 Å². The molecule has 0 spiro atoms. The third-order valence-electron chi connectivity index (χ3n) is 3.56. The van der Waals surface area contributed by atoms with E-state index in [2.05, 4.69) is 4.98 Å². The van der Waals surface area contributed by atoms with Crippen molar-refractivity contribution in [1.82, 2.24) is 4.98 Å². The van der Waals surface area contributed by atoms with E-state index >= 15 is 0 Å². The van der Waals surface area contributed by atoms with Crippen LogP contribution in [0.4, 0.5) is 0 Å². The van der Waals surface area contributed by atoms with Crippen LogP contribution in [-0.2, 0) is 4.74 Å². The molecular formula is C16H15NO4. The lowest BCUT2D eigenvalue weighted by Crippen LogP contribution is -2.19. The SMILES string of the molecule is COC(=O)c1cccc(C2CC(O)c3ccncc3O2)c1. The molecule has 2 aromatic rings. The predicted octanol–water partition coefficient (Wildman–Crippen LogP) is 2.43. The molecule has 0 saturated carbocycles. The molecule has 1 aromatic carbocycles. The van der Waals surface area contributed by atoms with Gasteiger partial charge in [0.2, 0.25) is 0 Å². The summed E-state index contributed by atoms with van der Waals surface area (Å²) in [5, 5.41) is 10.2. The maximum absolute atomic E-state index is 11.6. The number of methoxy groups -OCH3 is 1. The normalized spacial score (nSPS) is 20.3. The van der Waals surface area contributed by atoms with Crippen LogP contribution in [0, 0.1) is 0 Å². The molecule has 2 unspecified atom stereocenters. The van der Waals surface area contributed by atoms with Crippen LogP contribution in [0.15, 0.2) is 42.7 Å². The van der Waals surface area contributed by atoms with Crippen LogP contribution in [-0.4, -0.2) is 23.2 Å². The number of benzene rings is 1. The largest absolute Gasteiger partial charge is 0.484 e. The molecule has 0 fully saturated rings. The van der Waals surface area contributed by atoms with Crippen LogP contribution in [0.25, 0.3) is 0 Å². The Morgan fingerprint density at radius 3 is 3.10 bits per heavy atom. The number of nitrogens with zero attached hydrogens (tertiary/aromatic N) is 1. The van der Waals surface area contributed by atoms with E-state index in [0.717, 1.165) is 11.1 Å². The van der Waals surface area contributed by atoms with Gasteiger partial charge in [-0.2, -0.15) is 0 Å². The number of carbonyl (C=O) groups is 1. The minimum Gasteiger partial charge on any atom is -0.484 e. The summed E-state index contributed by atoms with van der Waals surface area (Å²) in [6, 6.07) is 8.80. The van der Waals surface area contributed by atoms with Crippen molar-refractivity contribution in [3.63, 3.8) is 0 Å². The van der Waals surface area contributed by atoms with Gasteiger partial charge in [0.05, 0.1) is 25.0 Å². The molecule has 21 heavy (non-hydrogen) atoms. The van der Waals surface area contributed by atoms with E-state index < -0.39 is 12.1 Å². The third-order valence-corrected chi connectivity index (χ3v) is 3.56. The molecule has 0 radical (unpaired) electrons. The lowest BCUT2D eigenvalue weighted by atomic mass is 9.95. The molecule has 2 heterocycles. The van der Waals surface area contributed by atoms with Crippen molar-refractivity contribution < 1.29 is 19.4 Å². The first-order valence-electron chi connectivity index (χ1n) is 6.66. The molecule has 2 atom stereocenters. The van der Waals surface area contributed by atoms with Crippen molar-refractivity contribution in [3.8, 4) is 5.75 Å². The summed E-state index contributed by atoms with van der Waals surface area (Å²) in [6.45, 7) is 0. The average Bonchev–Trinajstić information content (AvgIpc) is 2.54. The Kier molecular flexibility index (Phi) is 3.58. The van der Waals surface area contributed by atoms with Crippen molar-refractivity contribution in [2.24, 2.45) is 0 Å². The zero-order chi connectivity index (χ0) is 14.8. The molecule has 0 saturated heterocycles. The summed E-state index contributed by atoms with van der Waals surface area (Å²) < 4.78 is 10.6. The summed E-state index contributed by atoms with van der Waals surface area (Å²) in [6.07, 6.45) is 2.73. The van der Waals surface area contributed by atoms with Crippen LogP contribution >= 0.6 is 0 Å². The van der Waals surface area contributed by atoms with Gasteiger partial charge in [-0.1, -0.05) is 12.1 Å². The summed E-state index contributed by atoms with van der Waals surface area (Å²) in [5.41, 5.74) is 2.03. The smallest absolute Gasteiger partial charge is 0.337 e. The zero-order valence-electron chi connectivity index (χ0n) is 11.5. The number of carbonyl (C=O) groups excluding carboxylic acids is 1. The van der Waals surface area contributed by atoms with E-state index in [-0.39, 0.29) is 6.10 Å². The van der Waals surface area contributed by atoms with Crippen LogP contribution in [0.3, 0.4) is 0 Å². The highest BCUT2D eigenvalue weighted by atomic mass is 16.5. The molecule has 0 aliphatic carbocycles.